The Hall–Kier alpha value is -0.320. The van der Waals surface area contributed by atoms with Crippen LogP contribution in [0.4, 0.5) is 0 Å². The summed E-state index contributed by atoms with van der Waals surface area (Å²) < 4.78 is 5.75. The van der Waals surface area contributed by atoms with Gasteiger partial charge in [-0.05, 0) is 45.1 Å². The third-order valence-corrected chi connectivity index (χ3v) is 4.67. The molecule has 0 radical (unpaired) electrons. The largest absolute Gasteiger partial charge is 0.374 e. The molecule has 1 N–H and O–H groups in total. The van der Waals surface area contributed by atoms with E-state index >= 15 is 0 Å². The first-order valence-electron chi connectivity index (χ1n) is 7.49. The van der Waals surface area contributed by atoms with E-state index in [-0.39, 0.29) is 12.4 Å². The molecule has 1 aliphatic carbocycles. The lowest BCUT2D eigenvalue weighted by Gasteiger charge is -2.38. The van der Waals surface area contributed by atoms with Crippen molar-refractivity contribution in [1.82, 2.24) is 10.2 Å². The molecule has 3 fully saturated rings. The maximum atomic E-state index is 12.3. The Labute approximate surface area is 121 Å². The fourth-order valence-corrected chi connectivity index (χ4v) is 3.68. The van der Waals surface area contributed by atoms with E-state index in [0.29, 0.717) is 30.5 Å². The van der Waals surface area contributed by atoms with E-state index in [1.165, 1.54) is 19.3 Å². The monoisotopic (exact) mass is 288 g/mol. The number of halogens is 1. The lowest BCUT2D eigenvalue weighted by molar-refractivity contribution is -0.144. The number of rotatable bonds is 3. The fraction of sp³-hybridized carbons (Fsp3) is 0.929. The zero-order valence-corrected chi connectivity index (χ0v) is 12.3. The molecule has 110 valence electrons. The van der Waals surface area contributed by atoms with E-state index < -0.39 is 0 Å². The third kappa shape index (κ3) is 3.41. The van der Waals surface area contributed by atoms with E-state index in [1.807, 2.05) is 0 Å². The molecule has 3 unspecified atom stereocenters. The van der Waals surface area contributed by atoms with Crippen LogP contribution in [0.5, 0.6) is 0 Å². The van der Waals surface area contributed by atoms with Crippen LogP contribution in [0.1, 0.15) is 44.9 Å². The number of nitrogens with one attached hydrogen (secondary N) is 1. The second-order valence-corrected chi connectivity index (χ2v) is 5.83. The molecule has 2 aliphatic heterocycles. The van der Waals surface area contributed by atoms with Gasteiger partial charge in [0.1, 0.15) is 0 Å². The van der Waals surface area contributed by atoms with Crippen molar-refractivity contribution in [2.24, 2.45) is 0 Å². The number of hydrogen-bond acceptors (Lipinski definition) is 3. The highest BCUT2D eigenvalue weighted by Crippen LogP contribution is 2.30. The van der Waals surface area contributed by atoms with Crippen molar-refractivity contribution < 1.29 is 9.53 Å². The molecule has 0 bridgehead atoms. The summed E-state index contributed by atoms with van der Waals surface area (Å²) in [5, 5.41) is 3.47. The van der Waals surface area contributed by atoms with Crippen LogP contribution in [0.25, 0.3) is 0 Å². The van der Waals surface area contributed by atoms with E-state index in [1.54, 1.807) is 0 Å². The summed E-state index contributed by atoms with van der Waals surface area (Å²) in [4.78, 5) is 14.4. The lowest BCUT2D eigenvalue weighted by atomic mass is 10.1. The van der Waals surface area contributed by atoms with Gasteiger partial charge in [-0.3, -0.25) is 4.79 Å². The quantitative estimate of drug-likeness (QED) is 0.860. The standard InChI is InChI=1S/C14H24N2O2.ClH/c17-14(7-6-11-3-2-8-15-11)16-9-10-18-13-5-1-4-12(13)16;/h11-13,15H,1-10H2;1H. The van der Waals surface area contributed by atoms with Gasteiger partial charge in [0, 0.05) is 19.0 Å². The number of morpholine rings is 1. The number of nitrogens with zero attached hydrogens (tertiary/aromatic N) is 1. The SMILES string of the molecule is Cl.O=C(CCC1CCCN1)N1CCOC2CCCC21. The Morgan fingerprint density at radius 1 is 1.26 bits per heavy atom. The van der Waals surface area contributed by atoms with Gasteiger partial charge < -0.3 is 15.0 Å². The highest BCUT2D eigenvalue weighted by molar-refractivity contribution is 5.85. The number of amides is 1. The topological polar surface area (TPSA) is 41.6 Å². The first-order valence-corrected chi connectivity index (χ1v) is 7.49. The summed E-state index contributed by atoms with van der Waals surface area (Å²) in [5.41, 5.74) is 0. The predicted octanol–water partition coefficient (Wildman–Crippen LogP) is 1.72. The zero-order valence-electron chi connectivity index (χ0n) is 11.5. The highest BCUT2D eigenvalue weighted by Gasteiger charge is 2.38. The Kier molecular flexibility index (Phi) is 5.48. The van der Waals surface area contributed by atoms with E-state index in [4.69, 9.17) is 4.74 Å². The summed E-state index contributed by atoms with van der Waals surface area (Å²) in [7, 11) is 0. The van der Waals surface area contributed by atoms with Gasteiger partial charge in [0.05, 0.1) is 18.8 Å². The van der Waals surface area contributed by atoms with Gasteiger partial charge in [-0.2, -0.15) is 0 Å². The fourth-order valence-electron chi connectivity index (χ4n) is 3.68. The van der Waals surface area contributed by atoms with Crippen LogP contribution in [-0.4, -0.2) is 48.7 Å². The molecule has 2 saturated heterocycles. The molecule has 1 saturated carbocycles. The molecule has 5 heteroatoms. The Morgan fingerprint density at radius 2 is 2.16 bits per heavy atom. The van der Waals surface area contributed by atoms with E-state index in [9.17, 15) is 4.79 Å². The van der Waals surface area contributed by atoms with Crippen molar-refractivity contribution in [2.45, 2.75) is 63.1 Å². The van der Waals surface area contributed by atoms with Crippen LogP contribution in [0.15, 0.2) is 0 Å². The summed E-state index contributed by atoms with van der Waals surface area (Å²) in [6.07, 6.45) is 8.03. The van der Waals surface area contributed by atoms with Crippen LogP contribution in [0.2, 0.25) is 0 Å². The van der Waals surface area contributed by atoms with Crippen molar-refractivity contribution in [1.29, 1.82) is 0 Å². The predicted molar refractivity (Wildman–Crippen MR) is 76.6 cm³/mol. The first-order chi connectivity index (χ1) is 8.84. The molecule has 1 amide bonds. The third-order valence-electron chi connectivity index (χ3n) is 4.67. The number of carbonyl (C=O) groups excluding carboxylic acids is 1. The van der Waals surface area contributed by atoms with Gasteiger partial charge >= 0.3 is 0 Å². The lowest BCUT2D eigenvalue weighted by Crippen LogP contribution is -2.51. The molecule has 0 aromatic rings. The Morgan fingerprint density at radius 3 is 2.95 bits per heavy atom. The second kappa shape index (κ2) is 6.91. The van der Waals surface area contributed by atoms with E-state index in [2.05, 4.69) is 10.2 Å². The molecule has 3 atom stereocenters. The Bertz CT molecular complexity index is 308. The number of carbonyl (C=O) groups is 1. The molecular weight excluding hydrogens is 264 g/mol. The number of ether oxygens (including phenoxy) is 1. The molecular formula is C14H25ClN2O2. The van der Waals surface area contributed by atoms with Crippen LogP contribution in [-0.2, 0) is 9.53 Å². The van der Waals surface area contributed by atoms with Gasteiger partial charge in [0.2, 0.25) is 5.91 Å². The minimum atomic E-state index is 0. The minimum absolute atomic E-state index is 0. The summed E-state index contributed by atoms with van der Waals surface area (Å²) in [5.74, 6) is 0.351. The molecule has 19 heavy (non-hydrogen) atoms. The maximum absolute atomic E-state index is 12.3. The average molecular weight is 289 g/mol. The van der Waals surface area contributed by atoms with Gasteiger partial charge in [-0.25, -0.2) is 0 Å². The average Bonchev–Trinajstić information content (AvgIpc) is 3.05. The van der Waals surface area contributed by atoms with Crippen molar-refractivity contribution in [3.05, 3.63) is 0 Å². The maximum Gasteiger partial charge on any atom is 0.223 e. The van der Waals surface area contributed by atoms with Crippen molar-refractivity contribution in [2.75, 3.05) is 19.7 Å². The summed E-state index contributed by atoms with van der Waals surface area (Å²) >= 11 is 0. The van der Waals surface area contributed by atoms with Crippen LogP contribution >= 0.6 is 12.4 Å². The summed E-state index contributed by atoms with van der Waals surface area (Å²) in [6, 6.07) is 0.956. The van der Waals surface area contributed by atoms with Crippen molar-refractivity contribution >= 4 is 18.3 Å². The van der Waals surface area contributed by atoms with Gasteiger partial charge in [-0.15, -0.1) is 12.4 Å². The first kappa shape index (κ1) is 15.1. The molecule has 3 rings (SSSR count). The number of hydrogen-bond donors (Lipinski definition) is 1. The van der Waals surface area contributed by atoms with Crippen molar-refractivity contribution in [3.8, 4) is 0 Å². The second-order valence-electron chi connectivity index (χ2n) is 5.83. The smallest absolute Gasteiger partial charge is 0.223 e. The van der Waals surface area contributed by atoms with Crippen LogP contribution in [0.3, 0.4) is 0 Å². The van der Waals surface area contributed by atoms with Gasteiger partial charge in [0.25, 0.3) is 0 Å². The molecule has 0 spiro atoms. The minimum Gasteiger partial charge on any atom is -0.374 e. The molecule has 0 aromatic heterocycles. The summed E-state index contributed by atoms with van der Waals surface area (Å²) in [6.45, 7) is 2.66. The Balaban J connectivity index is 0.00000133. The highest BCUT2D eigenvalue weighted by atomic mass is 35.5. The molecule has 4 nitrogen and oxygen atoms in total. The van der Waals surface area contributed by atoms with Crippen LogP contribution in [0, 0.1) is 0 Å². The van der Waals surface area contributed by atoms with Crippen molar-refractivity contribution in [3.63, 3.8) is 0 Å². The number of fused-ring (bicyclic) bond motifs is 1. The molecule has 0 aromatic carbocycles. The zero-order chi connectivity index (χ0) is 12.4. The van der Waals surface area contributed by atoms with Crippen LogP contribution < -0.4 is 5.32 Å². The van der Waals surface area contributed by atoms with E-state index in [0.717, 1.165) is 39.0 Å². The normalized spacial score (nSPS) is 33.9. The molecule has 3 aliphatic rings. The van der Waals surface area contributed by atoms with Gasteiger partial charge in [-0.1, -0.05) is 0 Å². The van der Waals surface area contributed by atoms with Gasteiger partial charge in [0.15, 0.2) is 0 Å². The molecule has 2 heterocycles.